The first kappa shape index (κ1) is 22.9. The van der Waals surface area contributed by atoms with E-state index in [1.807, 2.05) is 0 Å². The number of aliphatic hydroxyl groups excluding tert-OH is 3. The zero-order chi connectivity index (χ0) is 24.7. The Hall–Kier alpha value is -4.32. The number of hydrogen-bond donors (Lipinski definition) is 5. The van der Waals surface area contributed by atoms with Crippen LogP contribution in [0.15, 0.2) is 67.0 Å². The van der Waals surface area contributed by atoms with Crippen LogP contribution in [0.3, 0.4) is 0 Å². The van der Waals surface area contributed by atoms with Crippen LogP contribution in [0.5, 0.6) is 0 Å². The predicted octanol–water partition coefficient (Wildman–Crippen LogP) is 1.42. The number of carboxylic acids is 2. The van der Waals surface area contributed by atoms with E-state index in [4.69, 9.17) is 19.0 Å². The molecule has 2 aromatic carbocycles. The third-order valence-electron chi connectivity index (χ3n) is 5.28. The summed E-state index contributed by atoms with van der Waals surface area (Å²) < 4.78 is 10.3. The Morgan fingerprint density at radius 3 is 1.41 bits per heavy atom. The number of rotatable bonds is 6. The Labute approximate surface area is 188 Å². The second kappa shape index (κ2) is 8.56. The molecule has 5 N–H and O–H groups in total. The lowest BCUT2D eigenvalue weighted by atomic mass is 9.92. The topological polar surface area (TPSA) is 196 Å². The Bertz CT molecular complexity index is 1450. The molecular weight excluding hydrogens is 452 g/mol. The number of fused-ring (bicyclic) bond motifs is 2. The molecule has 0 amide bonds. The van der Waals surface area contributed by atoms with Gasteiger partial charge < -0.3 is 34.4 Å². The highest BCUT2D eigenvalue weighted by molar-refractivity contribution is 5.89. The van der Waals surface area contributed by atoms with Gasteiger partial charge in [0.05, 0.1) is 10.8 Å². The molecular formula is C23H16O11. The van der Waals surface area contributed by atoms with Crippen molar-refractivity contribution in [2.45, 2.75) is 18.3 Å². The van der Waals surface area contributed by atoms with Gasteiger partial charge in [-0.15, -0.1) is 0 Å². The first-order valence-corrected chi connectivity index (χ1v) is 9.74. The highest BCUT2D eigenvalue weighted by Gasteiger charge is 2.31. The molecule has 2 unspecified atom stereocenters. The van der Waals surface area contributed by atoms with Gasteiger partial charge in [0.1, 0.15) is 29.5 Å². The number of aromatic carboxylic acids is 2. The molecule has 34 heavy (non-hydrogen) atoms. The fourth-order valence-corrected chi connectivity index (χ4v) is 3.72. The molecule has 0 radical (unpaired) electrons. The third kappa shape index (κ3) is 3.83. The van der Waals surface area contributed by atoms with Crippen LogP contribution in [0.25, 0.3) is 21.9 Å². The van der Waals surface area contributed by atoms with Gasteiger partial charge in [0, 0.05) is 12.1 Å². The fourth-order valence-electron chi connectivity index (χ4n) is 3.72. The Morgan fingerprint density at radius 1 is 0.676 bits per heavy atom. The van der Waals surface area contributed by atoms with Crippen LogP contribution in [0.4, 0.5) is 0 Å². The van der Waals surface area contributed by atoms with Crippen molar-refractivity contribution in [3.05, 3.63) is 91.6 Å². The highest BCUT2D eigenvalue weighted by atomic mass is 16.4. The Kier molecular flexibility index (Phi) is 5.75. The van der Waals surface area contributed by atoms with E-state index >= 15 is 0 Å². The number of carbonyl (C=O) groups is 2. The zero-order valence-corrected chi connectivity index (χ0v) is 17.0. The molecule has 11 heteroatoms. The normalized spacial score (nSPS) is 14.1. The molecule has 11 nitrogen and oxygen atoms in total. The van der Waals surface area contributed by atoms with E-state index in [0.717, 1.165) is 12.1 Å². The van der Waals surface area contributed by atoms with Gasteiger partial charge in [-0.2, -0.15) is 0 Å². The van der Waals surface area contributed by atoms with E-state index < -0.39 is 52.6 Å². The molecule has 0 spiro atoms. The summed E-state index contributed by atoms with van der Waals surface area (Å²) in [5, 5.41) is 50.1. The van der Waals surface area contributed by atoms with E-state index in [9.17, 15) is 34.5 Å². The van der Waals surface area contributed by atoms with Crippen molar-refractivity contribution in [3.63, 3.8) is 0 Å². The molecule has 0 aliphatic rings. The first-order valence-electron chi connectivity index (χ1n) is 9.74. The summed E-state index contributed by atoms with van der Waals surface area (Å²) in [5.41, 5.74) is -2.18. The standard InChI is InChI=1S/C23H16O11/c24-11-7-15(22(29)30)33-13-5-1-3-9(17(11)13)19(26)21(28)20(27)10-4-2-6-14-18(10)12(25)8-16(34-14)23(31)32/h1-8,19-21,26-28H,(H,29,30)(H,31,32). The van der Waals surface area contributed by atoms with Crippen LogP contribution in [0.1, 0.15) is 44.4 Å². The van der Waals surface area contributed by atoms with Gasteiger partial charge in [0.15, 0.2) is 10.9 Å². The van der Waals surface area contributed by atoms with Gasteiger partial charge in [-0.05, 0) is 23.3 Å². The molecule has 2 atom stereocenters. The van der Waals surface area contributed by atoms with Crippen LogP contribution in [-0.2, 0) is 0 Å². The van der Waals surface area contributed by atoms with Crippen molar-refractivity contribution in [1.82, 2.24) is 0 Å². The van der Waals surface area contributed by atoms with Gasteiger partial charge in [-0.25, -0.2) is 9.59 Å². The van der Waals surface area contributed by atoms with Crippen molar-refractivity contribution in [2.75, 3.05) is 0 Å². The summed E-state index contributed by atoms with van der Waals surface area (Å²) in [4.78, 5) is 47.3. The summed E-state index contributed by atoms with van der Waals surface area (Å²) >= 11 is 0. The van der Waals surface area contributed by atoms with Gasteiger partial charge in [0.2, 0.25) is 11.5 Å². The number of benzene rings is 2. The van der Waals surface area contributed by atoms with E-state index in [1.54, 1.807) is 0 Å². The maximum atomic E-state index is 12.5. The number of hydrogen-bond acceptors (Lipinski definition) is 9. The largest absolute Gasteiger partial charge is 0.475 e. The molecule has 0 saturated carbocycles. The summed E-state index contributed by atoms with van der Waals surface area (Å²) in [5.74, 6) is -4.18. The molecule has 0 bridgehead atoms. The van der Waals surface area contributed by atoms with Gasteiger partial charge in [-0.1, -0.05) is 24.3 Å². The first-order chi connectivity index (χ1) is 16.1. The number of carboxylic acid groups (broad SMARTS) is 2. The summed E-state index contributed by atoms with van der Waals surface area (Å²) in [6.07, 6.45) is -5.69. The van der Waals surface area contributed by atoms with Crippen LogP contribution in [0, 0.1) is 0 Å². The average Bonchev–Trinajstić information content (AvgIpc) is 2.81. The van der Waals surface area contributed by atoms with Gasteiger partial charge in [0.25, 0.3) is 0 Å². The van der Waals surface area contributed by atoms with Crippen molar-refractivity contribution in [2.24, 2.45) is 0 Å². The molecule has 2 aromatic heterocycles. The predicted molar refractivity (Wildman–Crippen MR) is 115 cm³/mol. The summed E-state index contributed by atoms with van der Waals surface area (Å²) in [7, 11) is 0. The van der Waals surface area contributed by atoms with Gasteiger partial charge in [-0.3, -0.25) is 9.59 Å². The lowest BCUT2D eigenvalue weighted by molar-refractivity contribution is -0.0612. The lowest BCUT2D eigenvalue weighted by Crippen LogP contribution is -2.28. The molecule has 174 valence electrons. The van der Waals surface area contributed by atoms with E-state index in [2.05, 4.69) is 0 Å². The monoisotopic (exact) mass is 468 g/mol. The molecule has 4 aromatic rings. The minimum absolute atomic E-state index is 0.143. The fraction of sp³-hybridized carbons (Fsp3) is 0.130. The van der Waals surface area contributed by atoms with Crippen LogP contribution in [0.2, 0.25) is 0 Å². The van der Waals surface area contributed by atoms with E-state index in [-0.39, 0.29) is 33.1 Å². The Balaban J connectivity index is 1.79. The second-order valence-corrected chi connectivity index (χ2v) is 7.38. The molecule has 0 fully saturated rings. The molecule has 0 aliphatic carbocycles. The van der Waals surface area contributed by atoms with E-state index in [0.29, 0.717) is 0 Å². The SMILES string of the molecule is O=C(O)c1cc(=O)c2c(C(O)C(O)C(O)c3cccc4oc(C(=O)O)cc(=O)c34)cccc2o1. The summed E-state index contributed by atoms with van der Waals surface area (Å²) in [6, 6.07) is 9.34. The highest BCUT2D eigenvalue weighted by Crippen LogP contribution is 2.33. The average molecular weight is 468 g/mol. The summed E-state index contributed by atoms with van der Waals surface area (Å²) in [6.45, 7) is 0. The lowest BCUT2D eigenvalue weighted by Gasteiger charge is -2.24. The van der Waals surface area contributed by atoms with Crippen LogP contribution < -0.4 is 10.9 Å². The quantitative estimate of drug-likeness (QED) is 0.274. The molecule has 0 aliphatic heterocycles. The minimum Gasteiger partial charge on any atom is -0.475 e. The van der Waals surface area contributed by atoms with Crippen molar-refractivity contribution >= 4 is 33.9 Å². The Morgan fingerprint density at radius 2 is 1.06 bits per heavy atom. The maximum absolute atomic E-state index is 12.5. The van der Waals surface area contributed by atoms with Gasteiger partial charge >= 0.3 is 11.9 Å². The smallest absolute Gasteiger partial charge is 0.371 e. The van der Waals surface area contributed by atoms with Crippen LogP contribution in [-0.4, -0.2) is 43.6 Å². The molecule has 0 saturated heterocycles. The molecule has 4 rings (SSSR count). The van der Waals surface area contributed by atoms with Crippen molar-refractivity contribution in [1.29, 1.82) is 0 Å². The maximum Gasteiger partial charge on any atom is 0.371 e. The second-order valence-electron chi connectivity index (χ2n) is 7.38. The van der Waals surface area contributed by atoms with Crippen LogP contribution >= 0.6 is 0 Å². The zero-order valence-electron chi connectivity index (χ0n) is 17.0. The third-order valence-corrected chi connectivity index (χ3v) is 5.28. The number of aliphatic hydroxyl groups is 3. The minimum atomic E-state index is -1.96. The van der Waals surface area contributed by atoms with E-state index in [1.165, 1.54) is 36.4 Å². The van der Waals surface area contributed by atoms with Crippen molar-refractivity contribution < 1.29 is 44.0 Å². The van der Waals surface area contributed by atoms with Crippen molar-refractivity contribution in [3.8, 4) is 0 Å². The molecule has 2 heterocycles.